The fraction of sp³-hybridized carbons (Fsp3) is 0.606. The van der Waals surface area contributed by atoms with Crippen LogP contribution in [0.2, 0.25) is 0 Å². The highest BCUT2D eigenvalue weighted by Crippen LogP contribution is 2.68. The predicted octanol–water partition coefficient (Wildman–Crippen LogP) is 4.90. The molecule has 3 fully saturated rings. The molecular weight excluding hydrogens is 630 g/mol. The number of anilines is 1. The van der Waals surface area contributed by atoms with Gasteiger partial charge >= 0.3 is 0 Å². The minimum Gasteiger partial charge on any atom is -0.494 e. The summed E-state index contributed by atoms with van der Waals surface area (Å²) < 4.78 is 4.78. The van der Waals surface area contributed by atoms with Crippen molar-refractivity contribution in [1.29, 1.82) is 0 Å². The number of fused-ring (bicyclic) bond motifs is 1. The molecule has 3 heterocycles. The minimum atomic E-state index is -0.824. The highest BCUT2D eigenvalue weighted by molar-refractivity contribution is 9.09. The molecule has 4 rings (SSSR count). The topological polar surface area (TPSA) is 90.4 Å². The van der Waals surface area contributed by atoms with Gasteiger partial charge in [0.1, 0.15) is 11.8 Å². The second-order valence-electron chi connectivity index (χ2n) is 13.0. The predicted molar refractivity (Wildman–Crippen MR) is 177 cm³/mol. The summed E-state index contributed by atoms with van der Waals surface area (Å²) in [6.07, 6.45) is 3.96. The van der Waals surface area contributed by atoms with Gasteiger partial charge in [-0.1, -0.05) is 41.9 Å². The molecule has 0 radical (unpaired) electrons. The number of aliphatic hydroxyl groups excluding tert-OH is 1. The van der Waals surface area contributed by atoms with E-state index in [0.717, 1.165) is 0 Å². The Morgan fingerprint density at radius 1 is 1.19 bits per heavy atom. The van der Waals surface area contributed by atoms with E-state index in [0.29, 0.717) is 31.0 Å². The van der Waals surface area contributed by atoms with E-state index in [1.54, 1.807) is 38.6 Å². The number of halogens is 1. The second kappa shape index (κ2) is 13.0. The minimum absolute atomic E-state index is 0.0641. The Morgan fingerprint density at radius 3 is 2.33 bits per heavy atom. The molecule has 0 saturated carbocycles. The maximum Gasteiger partial charge on any atom is 0.247 e. The highest BCUT2D eigenvalue weighted by atomic mass is 79.9. The van der Waals surface area contributed by atoms with E-state index in [9.17, 15) is 19.5 Å². The van der Waals surface area contributed by atoms with Gasteiger partial charge in [0.05, 0.1) is 35.8 Å². The first-order valence-electron chi connectivity index (χ1n) is 15.1. The maximum atomic E-state index is 14.7. The van der Waals surface area contributed by atoms with Crippen LogP contribution in [0.3, 0.4) is 0 Å². The summed E-state index contributed by atoms with van der Waals surface area (Å²) in [6, 6.07) is 5.97. The van der Waals surface area contributed by atoms with Gasteiger partial charge in [0, 0.05) is 34.4 Å². The quantitative estimate of drug-likeness (QED) is 0.251. The van der Waals surface area contributed by atoms with Gasteiger partial charge in [0.25, 0.3) is 0 Å². The number of hydrogen-bond donors (Lipinski definition) is 1. The van der Waals surface area contributed by atoms with Crippen LogP contribution >= 0.6 is 27.7 Å². The van der Waals surface area contributed by atoms with Crippen LogP contribution in [0, 0.1) is 17.8 Å². The van der Waals surface area contributed by atoms with Crippen molar-refractivity contribution in [2.75, 3.05) is 31.2 Å². The number of amides is 3. The van der Waals surface area contributed by atoms with Crippen LogP contribution in [-0.2, 0) is 14.4 Å². The molecule has 3 amide bonds. The lowest BCUT2D eigenvalue weighted by molar-refractivity contribution is -0.149. The van der Waals surface area contributed by atoms with Crippen molar-refractivity contribution in [3.63, 3.8) is 0 Å². The van der Waals surface area contributed by atoms with Crippen LogP contribution in [0.25, 0.3) is 0 Å². The van der Waals surface area contributed by atoms with E-state index in [1.807, 2.05) is 65.8 Å². The zero-order valence-electron chi connectivity index (χ0n) is 26.2. The van der Waals surface area contributed by atoms with Gasteiger partial charge in [0.15, 0.2) is 0 Å². The van der Waals surface area contributed by atoms with E-state index in [2.05, 4.69) is 29.1 Å². The van der Waals surface area contributed by atoms with Crippen LogP contribution in [0.15, 0.2) is 49.6 Å². The van der Waals surface area contributed by atoms with Crippen molar-refractivity contribution < 1.29 is 24.2 Å². The van der Waals surface area contributed by atoms with E-state index in [4.69, 9.17) is 4.74 Å². The normalized spacial score (nSPS) is 28.5. The summed E-state index contributed by atoms with van der Waals surface area (Å²) in [5.74, 6) is -1.30. The van der Waals surface area contributed by atoms with Gasteiger partial charge in [-0.3, -0.25) is 14.4 Å². The first kappa shape index (κ1) is 33.6. The zero-order chi connectivity index (χ0) is 31.9. The van der Waals surface area contributed by atoms with Crippen molar-refractivity contribution in [2.45, 2.75) is 80.4 Å². The number of likely N-dealkylation sites (tertiary alicyclic amines) is 1. The average Bonchev–Trinajstić information content (AvgIpc) is 3.53. The highest BCUT2D eigenvalue weighted by Gasteiger charge is 2.76. The van der Waals surface area contributed by atoms with Gasteiger partial charge in [-0.25, -0.2) is 0 Å². The Kier molecular flexibility index (Phi) is 10.1. The van der Waals surface area contributed by atoms with Crippen LogP contribution in [0.4, 0.5) is 5.69 Å². The number of ether oxygens (including phenoxy) is 1. The molecule has 3 aliphatic rings. The molecule has 2 bridgehead atoms. The molecule has 1 aromatic carbocycles. The number of hydrogen-bond acceptors (Lipinski definition) is 6. The van der Waals surface area contributed by atoms with Crippen LogP contribution in [0.1, 0.15) is 48.0 Å². The van der Waals surface area contributed by atoms with Gasteiger partial charge in [-0.15, -0.1) is 24.9 Å². The summed E-state index contributed by atoms with van der Waals surface area (Å²) in [6.45, 7) is 20.4. The first-order valence-corrected chi connectivity index (χ1v) is 16.9. The monoisotopic (exact) mass is 675 g/mol. The van der Waals surface area contributed by atoms with Crippen molar-refractivity contribution in [3.05, 3.63) is 49.6 Å². The standard InChI is InChI=1S/C33H46BrN3O5S/c1-9-16-35(21-12-14-22(15-13-21)42-11-3)29(39)25-26-30(40)37(24(19-38)20(4)5)28(33(26)18-23(34)27(25)43-33)31(41)36(17-10-2)32(6,7)8/h9-10,12-15,20,23-28,38H,1-2,11,16-19H2,3-8H3/t23?,24-,25-,26-,27-,28?,33?/m0/s1. The first-order chi connectivity index (χ1) is 20.3. The van der Waals surface area contributed by atoms with E-state index in [-0.39, 0.29) is 46.9 Å². The molecular formula is C33H46BrN3O5S. The summed E-state index contributed by atoms with van der Waals surface area (Å²) in [5, 5.41) is 10.4. The molecule has 236 valence electrons. The zero-order valence-corrected chi connectivity index (χ0v) is 28.6. The Morgan fingerprint density at radius 2 is 1.81 bits per heavy atom. The summed E-state index contributed by atoms with van der Waals surface area (Å²) in [5.41, 5.74) is 0.163. The smallest absolute Gasteiger partial charge is 0.247 e. The van der Waals surface area contributed by atoms with E-state index < -0.39 is 34.2 Å². The number of carbonyl (C=O) groups is 3. The lowest BCUT2D eigenvalue weighted by atomic mass is 9.70. The number of nitrogens with zero attached hydrogens (tertiary/aromatic N) is 3. The van der Waals surface area contributed by atoms with Crippen LogP contribution in [0.5, 0.6) is 5.75 Å². The van der Waals surface area contributed by atoms with Crippen LogP contribution in [-0.4, -0.2) is 91.4 Å². The van der Waals surface area contributed by atoms with Crippen molar-refractivity contribution in [3.8, 4) is 5.75 Å². The van der Waals surface area contributed by atoms with E-state index in [1.165, 1.54) is 0 Å². The molecule has 0 aromatic heterocycles. The molecule has 3 aliphatic heterocycles. The van der Waals surface area contributed by atoms with Crippen molar-refractivity contribution in [2.24, 2.45) is 17.8 Å². The fourth-order valence-electron chi connectivity index (χ4n) is 7.10. The number of aliphatic hydroxyl groups is 1. The lowest BCUT2D eigenvalue weighted by Crippen LogP contribution is -2.61. The number of carbonyl (C=O) groups excluding carboxylic acids is 3. The number of thioether (sulfide) groups is 1. The largest absolute Gasteiger partial charge is 0.494 e. The fourth-order valence-corrected chi connectivity index (χ4v) is 10.7. The molecule has 10 heteroatoms. The van der Waals surface area contributed by atoms with Gasteiger partial charge in [-0.2, -0.15) is 0 Å². The van der Waals surface area contributed by atoms with E-state index >= 15 is 0 Å². The Hall–Kier alpha value is -2.30. The van der Waals surface area contributed by atoms with Crippen molar-refractivity contribution in [1.82, 2.24) is 9.80 Å². The van der Waals surface area contributed by atoms with Gasteiger partial charge in [-0.05, 0) is 64.3 Å². The molecule has 3 saturated heterocycles. The average molecular weight is 677 g/mol. The molecule has 1 aromatic rings. The number of alkyl halides is 1. The SMILES string of the molecule is C=CCN(C(=O)[C@H]1[C@H]2C(=O)N([C@@H](CO)C(C)C)C(C(=O)N(CC=C)C(C)(C)C)C23CC(Br)[C@@H]1S3)c1ccc(OCC)cc1. The molecule has 7 atom stereocenters. The maximum absolute atomic E-state index is 14.7. The third kappa shape index (κ3) is 5.79. The molecule has 0 aliphatic carbocycles. The van der Waals surface area contributed by atoms with Crippen LogP contribution < -0.4 is 9.64 Å². The molecule has 43 heavy (non-hydrogen) atoms. The molecule has 8 nitrogen and oxygen atoms in total. The Labute approximate surface area is 269 Å². The van der Waals surface area contributed by atoms with Gasteiger partial charge < -0.3 is 24.5 Å². The number of rotatable bonds is 12. The molecule has 1 N–H and O–H groups in total. The third-order valence-corrected chi connectivity index (χ3v) is 12.2. The summed E-state index contributed by atoms with van der Waals surface area (Å²) >= 11 is 5.47. The van der Waals surface area contributed by atoms with Crippen molar-refractivity contribution >= 4 is 51.1 Å². The summed E-state index contributed by atoms with van der Waals surface area (Å²) in [7, 11) is 0. The second-order valence-corrected chi connectivity index (χ2v) is 15.7. The molecule has 1 spiro atoms. The van der Waals surface area contributed by atoms with Gasteiger partial charge in [0.2, 0.25) is 17.7 Å². The Balaban J connectivity index is 1.83. The Bertz CT molecular complexity index is 1230. The molecule has 3 unspecified atom stereocenters. The number of benzene rings is 1. The third-order valence-electron chi connectivity index (χ3n) is 8.98. The summed E-state index contributed by atoms with van der Waals surface area (Å²) in [4.78, 5) is 49.0. The lowest BCUT2D eigenvalue weighted by Gasteiger charge is -2.44.